The molecule has 0 fully saturated rings. The van der Waals surface area contributed by atoms with Crippen molar-refractivity contribution in [1.82, 2.24) is 19.7 Å². The lowest BCUT2D eigenvalue weighted by Gasteiger charge is -2.06. The molecule has 0 radical (unpaired) electrons. The number of halogens is 2. The summed E-state index contributed by atoms with van der Waals surface area (Å²) in [5.74, 6) is 1.08. The smallest absolute Gasteiger partial charge is 0.197 e. The summed E-state index contributed by atoms with van der Waals surface area (Å²) in [6.45, 7) is 0.985. The Morgan fingerprint density at radius 1 is 1.26 bits per heavy atom. The lowest BCUT2D eigenvalue weighted by molar-refractivity contribution is 0.590. The van der Waals surface area contributed by atoms with E-state index in [4.69, 9.17) is 11.6 Å². The summed E-state index contributed by atoms with van der Waals surface area (Å²) in [7, 11) is 0. The van der Waals surface area contributed by atoms with Gasteiger partial charge in [0.15, 0.2) is 5.16 Å². The van der Waals surface area contributed by atoms with E-state index in [1.54, 1.807) is 6.20 Å². The van der Waals surface area contributed by atoms with Crippen molar-refractivity contribution in [2.45, 2.75) is 42.4 Å². The second kappa shape index (κ2) is 5.81. The van der Waals surface area contributed by atoms with E-state index in [2.05, 4.69) is 35.7 Å². The highest BCUT2D eigenvalue weighted by Gasteiger charge is 2.17. The van der Waals surface area contributed by atoms with Gasteiger partial charge < -0.3 is 4.57 Å². The van der Waals surface area contributed by atoms with Crippen LogP contribution in [0.1, 0.15) is 25.1 Å². The van der Waals surface area contributed by atoms with Gasteiger partial charge in [-0.05, 0) is 46.6 Å². The third kappa shape index (κ3) is 2.95. The molecule has 7 heteroatoms. The Labute approximate surface area is 129 Å². The zero-order valence-electron chi connectivity index (χ0n) is 10.1. The fourth-order valence-corrected chi connectivity index (χ4v) is 3.67. The van der Waals surface area contributed by atoms with Gasteiger partial charge in [-0.2, -0.15) is 0 Å². The predicted molar refractivity (Wildman–Crippen MR) is 78.6 cm³/mol. The molecule has 4 nitrogen and oxygen atoms in total. The van der Waals surface area contributed by atoms with E-state index in [1.165, 1.54) is 31.0 Å². The second-order valence-corrected chi connectivity index (χ2v) is 6.68. The molecule has 100 valence electrons. The van der Waals surface area contributed by atoms with Crippen LogP contribution in [0.2, 0.25) is 5.02 Å². The maximum atomic E-state index is 6.19. The SMILES string of the molecule is Clc1cc(Br)cnc1Sc1nnc2n1CCCCC2. The molecule has 0 spiro atoms. The Kier molecular flexibility index (Phi) is 4.10. The minimum Gasteiger partial charge on any atom is -0.306 e. The molecule has 0 aliphatic carbocycles. The molecule has 2 aromatic heterocycles. The molecule has 0 bridgehead atoms. The van der Waals surface area contributed by atoms with Gasteiger partial charge in [-0.15, -0.1) is 10.2 Å². The van der Waals surface area contributed by atoms with Crippen molar-refractivity contribution < 1.29 is 0 Å². The van der Waals surface area contributed by atoms with Crippen LogP contribution in [0.4, 0.5) is 0 Å². The molecule has 1 aliphatic rings. The molecule has 0 aromatic carbocycles. The van der Waals surface area contributed by atoms with Crippen LogP contribution in [0.5, 0.6) is 0 Å². The second-order valence-electron chi connectivity index (χ2n) is 4.40. The van der Waals surface area contributed by atoms with Crippen molar-refractivity contribution in [2.75, 3.05) is 0 Å². The highest BCUT2D eigenvalue weighted by Crippen LogP contribution is 2.33. The maximum Gasteiger partial charge on any atom is 0.197 e. The third-order valence-corrected chi connectivity index (χ3v) is 4.87. The first-order valence-corrected chi connectivity index (χ1v) is 8.14. The standard InChI is InChI=1S/C12H12BrClN4S/c13-8-6-9(14)11(15-7-8)19-12-17-16-10-4-2-1-3-5-18(10)12/h6-7H,1-5H2. The highest BCUT2D eigenvalue weighted by molar-refractivity contribution is 9.10. The summed E-state index contributed by atoms with van der Waals surface area (Å²) in [5.41, 5.74) is 0. The average Bonchev–Trinajstić information content (AvgIpc) is 2.61. The summed E-state index contributed by atoms with van der Waals surface area (Å²) in [6, 6.07) is 1.84. The van der Waals surface area contributed by atoms with Gasteiger partial charge in [0, 0.05) is 23.6 Å². The Balaban J connectivity index is 1.89. The number of pyridine rings is 1. The van der Waals surface area contributed by atoms with E-state index in [9.17, 15) is 0 Å². The molecule has 0 saturated heterocycles. The first kappa shape index (κ1) is 13.4. The van der Waals surface area contributed by atoms with Gasteiger partial charge in [0.1, 0.15) is 10.9 Å². The number of rotatable bonds is 2. The van der Waals surface area contributed by atoms with Crippen LogP contribution >= 0.6 is 39.3 Å². The Morgan fingerprint density at radius 3 is 3.00 bits per heavy atom. The molecule has 2 aromatic rings. The number of hydrogen-bond acceptors (Lipinski definition) is 4. The Bertz CT molecular complexity index is 601. The van der Waals surface area contributed by atoms with Gasteiger partial charge in [0.25, 0.3) is 0 Å². The topological polar surface area (TPSA) is 43.6 Å². The molecular formula is C12H12BrClN4S. The summed E-state index contributed by atoms with van der Waals surface area (Å²) >= 11 is 11.0. The minimum atomic E-state index is 0.630. The number of aromatic nitrogens is 4. The van der Waals surface area contributed by atoms with Crippen molar-refractivity contribution in [3.8, 4) is 0 Å². The normalized spacial score (nSPS) is 15.1. The Hall–Kier alpha value is -0.590. The highest BCUT2D eigenvalue weighted by atomic mass is 79.9. The molecule has 19 heavy (non-hydrogen) atoms. The van der Waals surface area contributed by atoms with Crippen LogP contribution in [0.25, 0.3) is 0 Å². The van der Waals surface area contributed by atoms with Crippen molar-refractivity contribution >= 4 is 39.3 Å². The summed E-state index contributed by atoms with van der Waals surface area (Å²) < 4.78 is 3.07. The fourth-order valence-electron chi connectivity index (χ4n) is 2.10. The first-order valence-electron chi connectivity index (χ1n) is 6.15. The zero-order valence-corrected chi connectivity index (χ0v) is 13.3. The molecule has 0 unspecified atom stereocenters. The predicted octanol–water partition coefficient (Wildman–Crippen LogP) is 3.97. The quantitative estimate of drug-likeness (QED) is 0.814. The Morgan fingerprint density at radius 2 is 2.16 bits per heavy atom. The molecule has 3 rings (SSSR count). The van der Waals surface area contributed by atoms with Gasteiger partial charge in [-0.25, -0.2) is 4.98 Å². The van der Waals surface area contributed by atoms with E-state index in [-0.39, 0.29) is 0 Å². The van der Waals surface area contributed by atoms with Crippen LogP contribution in [0.3, 0.4) is 0 Å². The van der Waals surface area contributed by atoms with Crippen molar-refractivity contribution in [3.63, 3.8) is 0 Å². The van der Waals surface area contributed by atoms with Crippen molar-refractivity contribution in [2.24, 2.45) is 0 Å². The van der Waals surface area contributed by atoms with Gasteiger partial charge >= 0.3 is 0 Å². The first-order chi connectivity index (χ1) is 9.24. The maximum absolute atomic E-state index is 6.19. The number of fused-ring (bicyclic) bond motifs is 1. The molecule has 0 atom stereocenters. The van der Waals surface area contributed by atoms with E-state index < -0.39 is 0 Å². The van der Waals surface area contributed by atoms with Crippen molar-refractivity contribution in [3.05, 3.63) is 27.6 Å². The third-order valence-electron chi connectivity index (χ3n) is 3.04. The van der Waals surface area contributed by atoms with E-state index >= 15 is 0 Å². The molecule has 0 saturated carbocycles. The van der Waals surface area contributed by atoms with Gasteiger partial charge in [0.2, 0.25) is 0 Å². The number of aryl methyl sites for hydroxylation is 1. The van der Waals surface area contributed by atoms with Crippen LogP contribution < -0.4 is 0 Å². The molecule has 0 amide bonds. The monoisotopic (exact) mass is 358 g/mol. The zero-order chi connectivity index (χ0) is 13.2. The van der Waals surface area contributed by atoms with Gasteiger partial charge in [0.05, 0.1) is 5.02 Å². The van der Waals surface area contributed by atoms with E-state index in [0.717, 1.165) is 33.4 Å². The number of nitrogens with zero attached hydrogens (tertiary/aromatic N) is 4. The van der Waals surface area contributed by atoms with Gasteiger partial charge in [-0.3, -0.25) is 0 Å². The summed E-state index contributed by atoms with van der Waals surface area (Å²) in [6.07, 6.45) is 6.38. The van der Waals surface area contributed by atoms with E-state index in [0.29, 0.717) is 5.02 Å². The summed E-state index contributed by atoms with van der Waals surface area (Å²) in [4.78, 5) is 4.33. The van der Waals surface area contributed by atoms with E-state index in [1.807, 2.05) is 6.07 Å². The van der Waals surface area contributed by atoms with Gasteiger partial charge in [-0.1, -0.05) is 18.0 Å². The molecule has 1 aliphatic heterocycles. The number of hydrogen-bond donors (Lipinski definition) is 0. The molecular weight excluding hydrogens is 348 g/mol. The largest absolute Gasteiger partial charge is 0.306 e. The van der Waals surface area contributed by atoms with Crippen LogP contribution in [-0.4, -0.2) is 19.7 Å². The van der Waals surface area contributed by atoms with Crippen LogP contribution in [0, 0.1) is 0 Å². The van der Waals surface area contributed by atoms with Crippen LogP contribution in [-0.2, 0) is 13.0 Å². The fraction of sp³-hybridized carbons (Fsp3) is 0.417. The molecule has 0 N–H and O–H groups in total. The molecule has 3 heterocycles. The summed E-state index contributed by atoms with van der Waals surface area (Å²) in [5, 5.41) is 10.8. The van der Waals surface area contributed by atoms with Crippen LogP contribution in [0.15, 0.2) is 26.9 Å². The average molecular weight is 360 g/mol. The lowest BCUT2D eigenvalue weighted by Crippen LogP contribution is -2.02. The lowest BCUT2D eigenvalue weighted by atomic mass is 10.2. The van der Waals surface area contributed by atoms with Crippen molar-refractivity contribution in [1.29, 1.82) is 0 Å². The minimum absolute atomic E-state index is 0.630.